The summed E-state index contributed by atoms with van der Waals surface area (Å²) in [5, 5.41) is 2.33. The second-order valence-corrected chi connectivity index (χ2v) is 7.04. The molecule has 1 aliphatic rings. The van der Waals surface area contributed by atoms with E-state index < -0.39 is 36.9 Å². The van der Waals surface area contributed by atoms with Gasteiger partial charge in [-0.15, -0.1) is 0 Å². The van der Waals surface area contributed by atoms with Gasteiger partial charge < -0.3 is 14.8 Å². The van der Waals surface area contributed by atoms with Gasteiger partial charge in [-0.1, -0.05) is 30.3 Å². The Kier molecular flexibility index (Phi) is 6.30. The predicted octanol–water partition coefficient (Wildman–Crippen LogP) is 3.88. The summed E-state index contributed by atoms with van der Waals surface area (Å²) >= 11 is 0. The van der Waals surface area contributed by atoms with Crippen molar-refractivity contribution in [3.05, 3.63) is 89.5 Å². The number of alkyl halides is 2. The molecule has 3 aromatic rings. The fraction of sp³-hybridized carbons (Fsp3) is 0.0833. The molecule has 0 bridgehead atoms. The highest BCUT2D eigenvalue weighted by molar-refractivity contribution is 6.34. The largest absolute Gasteiger partial charge is 0.452 e. The number of nitrogens with zero attached hydrogens (tertiary/aromatic N) is 1. The Hall–Kier alpha value is -4.60. The van der Waals surface area contributed by atoms with Gasteiger partial charge in [-0.05, 0) is 42.5 Å². The third-order valence-corrected chi connectivity index (χ3v) is 4.85. The number of carbonyl (C=O) groups is 4. The molecule has 3 aromatic carbocycles. The summed E-state index contributed by atoms with van der Waals surface area (Å²) in [6, 6.07) is 17.6. The lowest BCUT2D eigenvalue weighted by Crippen LogP contribution is -2.29. The van der Waals surface area contributed by atoms with Crippen LogP contribution in [-0.2, 0) is 9.53 Å². The Morgan fingerprint density at radius 2 is 1.53 bits per heavy atom. The first-order valence-electron chi connectivity index (χ1n) is 9.94. The first-order chi connectivity index (χ1) is 16.3. The Labute approximate surface area is 191 Å². The van der Waals surface area contributed by atoms with Gasteiger partial charge in [0, 0.05) is 0 Å². The molecule has 8 nitrogen and oxygen atoms in total. The highest BCUT2D eigenvalue weighted by Crippen LogP contribution is 2.29. The summed E-state index contributed by atoms with van der Waals surface area (Å²) in [5.41, 5.74) is 0.671. The fourth-order valence-corrected chi connectivity index (χ4v) is 3.37. The smallest absolute Gasteiger partial charge is 0.387 e. The van der Waals surface area contributed by atoms with Gasteiger partial charge in [0.15, 0.2) is 6.61 Å². The molecule has 172 valence electrons. The number of ether oxygens (including phenoxy) is 2. The molecule has 1 heterocycles. The molecule has 0 radical (unpaired) electrons. The number of benzene rings is 3. The van der Waals surface area contributed by atoms with Crippen molar-refractivity contribution in [3.8, 4) is 5.75 Å². The van der Waals surface area contributed by atoms with Gasteiger partial charge in [0.2, 0.25) is 0 Å². The molecule has 10 heteroatoms. The molecule has 1 N–H and O–H groups in total. The molecule has 0 saturated carbocycles. The quantitative estimate of drug-likeness (QED) is 0.419. The zero-order chi connectivity index (χ0) is 24.2. The lowest BCUT2D eigenvalue weighted by Gasteiger charge is -2.15. The van der Waals surface area contributed by atoms with E-state index in [-0.39, 0.29) is 33.8 Å². The van der Waals surface area contributed by atoms with Crippen LogP contribution in [0.3, 0.4) is 0 Å². The average molecular weight is 466 g/mol. The lowest BCUT2D eigenvalue weighted by molar-refractivity contribution is -0.119. The summed E-state index contributed by atoms with van der Waals surface area (Å²) in [7, 11) is 0. The van der Waals surface area contributed by atoms with Crippen LogP contribution < -0.4 is 15.0 Å². The minimum Gasteiger partial charge on any atom is -0.452 e. The minimum absolute atomic E-state index is 0.00305. The first-order valence-corrected chi connectivity index (χ1v) is 9.94. The number of para-hydroxylation sites is 2. The van der Waals surface area contributed by atoms with E-state index in [4.69, 9.17) is 4.74 Å². The van der Waals surface area contributed by atoms with Gasteiger partial charge in [-0.3, -0.25) is 14.4 Å². The highest BCUT2D eigenvalue weighted by atomic mass is 19.3. The van der Waals surface area contributed by atoms with E-state index in [0.717, 1.165) is 4.90 Å². The number of hydrogen-bond acceptors (Lipinski definition) is 6. The van der Waals surface area contributed by atoms with Crippen molar-refractivity contribution in [2.45, 2.75) is 6.61 Å². The van der Waals surface area contributed by atoms with Crippen molar-refractivity contribution in [2.75, 3.05) is 16.8 Å². The molecule has 0 fully saturated rings. The Morgan fingerprint density at radius 3 is 2.21 bits per heavy atom. The monoisotopic (exact) mass is 466 g/mol. The molecule has 0 saturated heterocycles. The number of rotatable bonds is 7. The van der Waals surface area contributed by atoms with E-state index in [9.17, 15) is 28.0 Å². The second-order valence-electron chi connectivity index (χ2n) is 7.04. The number of anilines is 2. The summed E-state index contributed by atoms with van der Waals surface area (Å²) in [6.07, 6.45) is 0. The van der Waals surface area contributed by atoms with Crippen molar-refractivity contribution < 1.29 is 37.4 Å². The summed E-state index contributed by atoms with van der Waals surface area (Å²) < 4.78 is 34.3. The molecule has 3 amide bonds. The van der Waals surface area contributed by atoms with Gasteiger partial charge in [0.05, 0.1) is 28.1 Å². The third kappa shape index (κ3) is 4.60. The lowest BCUT2D eigenvalue weighted by atomic mass is 10.1. The summed E-state index contributed by atoms with van der Waals surface area (Å²) in [4.78, 5) is 50.8. The van der Waals surface area contributed by atoms with Gasteiger partial charge in [-0.25, -0.2) is 9.69 Å². The maximum atomic E-state index is 12.7. The van der Waals surface area contributed by atoms with E-state index in [0.29, 0.717) is 0 Å². The van der Waals surface area contributed by atoms with E-state index in [1.165, 1.54) is 60.7 Å². The van der Waals surface area contributed by atoms with Crippen LogP contribution in [0.4, 0.5) is 20.2 Å². The van der Waals surface area contributed by atoms with Crippen LogP contribution >= 0.6 is 0 Å². The summed E-state index contributed by atoms with van der Waals surface area (Å²) in [6.45, 7) is -3.79. The zero-order valence-corrected chi connectivity index (χ0v) is 17.4. The standard InChI is InChI=1S/C24H16F2N2O6/c25-24(26)34-19-11-4-3-10-18(19)27-20(29)13-33-23(32)14-6-5-7-15(12-14)28-21(30)16-8-1-2-9-17(16)22(28)31/h1-12,24H,13H2,(H,27,29). The van der Waals surface area contributed by atoms with Crippen LogP contribution in [0, 0.1) is 0 Å². The number of imide groups is 1. The Bertz CT molecular complexity index is 1260. The number of amides is 3. The maximum absolute atomic E-state index is 12.7. The zero-order valence-electron chi connectivity index (χ0n) is 17.4. The number of nitrogens with one attached hydrogen (secondary N) is 1. The van der Waals surface area contributed by atoms with E-state index in [1.54, 1.807) is 12.1 Å². The van der Waals surface area contributed by atoms with Gasteiger partial charge in [-0.2, -0.15) is 8.78 Å². The second kappa shape index (κ2) is 9.49. The highest BCUT2D eigenvalue weighted by Gasteiger charge is 2.36. The molecule has 1 aliphatic heterocycles. The summed E-state index contributed by atoms with van der Waals surface area (Å²) in [5.74, 6) is -2.95. The maximum Gasteiger partial charge on any atom is 0.387 e. The SMILES string of the molecule is O=C(COC(=O)c1cccc(N2C(=O)c3ccccc3C2=O)c1)Nc1ccccc1OC(F)F. The van der Waals surface area contributed by atoms with Crippen molar-refractivity contribution in [1.82, 2.24) is 0 Å². The molecule has 0 atom stereocenters. The number of carbonyl (C=O) groups excluding carboxylic acids is 4. The Morgan fingerprint density at radius 1 is 0.882 bits per heavy atom. The number of fused-ring (bicyclic) bond motifs is 1. The first kappa shape index (κ1) is 22.6. The fourth-order valence-electron chi connectivity index (χ4n) is 3.37. The molecular formula is C24H16F2N2O6. The number of hydrogen-bond donors (Lipinski definition) is 1. The van der Waals surface area contributed by atoms with Crippen molar-refractivity contribution in [1.29, 1.82) is 0 Å². The normalized spacial score (nSPS) is 12.5. The van der Waals surface area contributed by atoms with Crippen molar-refractivity contribution in [2.24, 2.45) is 0 Å². The van der Waals surface area contributed by atoms with E-state index in [1.807, 2.05) is 0 Å². The van der Waals surface area contributed by atoms with E-state index in [2.05, 4.69) is 10.1 Å². The van der Waals surface area contributed by atoms with Gasteiger partial charge in [0.25, 0.3) is 17.7 Å². The van der Waals surface area contributed by atoms with Crippen molar-refractivity contribution in [3.63, 3.8) is 0 Å². The van der Waals surface area contributed by atoms with Crippen LogP contribution in [0.15, 0.2) is 72.8 Å². The number of esters is 1. The van der Waals surface area contributed by atoms with Crippen LogP contribution in [0.1, 0.15) is 31.1 Å². The molecule has 34 heavy (non-hydrogen) atoms. The van der Waals surface area contributed by atoms with Crippen LogP contribution in [0.5, 0.6) is 5.75 Å². The molecule has 0 aliphatic carbocycles. The van der Waals surface area contributed by atoms with Gasteiger partial charge in [0.1, 0.15) is 5.75 Å². The minimum atomic E-state index is -3.08. The van der Waals surface area contributed by atoms with Crippen LogP contribution in [0.25, 0.3) is 0 Å². The molecule has 0 spiro atoms. The topological polar surface area (TPSA) is 102 Å². The molecule has 4 rings (SSSR count). The molecule has 0 aromatic heterocycles. The third-order valence-electron chi connectivity index (χ3n) is 4.85. The van der Waals surface area contributed by atoms with Crippen LogP contribution in [-0.4, -0.2) is 36.9 Å². The van der Waals surface area contributed by atoms with Crippen molar-refractivity contribution >= 4 is 35.1 Å². The van der Waals surface area contributed by atoms with E-state index >= 15 is 0 Å². The Balaban J connectivity index is 1.42. The molecular weight excluding hydrogens is 450 g/mol. The molecule has 0 unspecified atom stereocenters. The average Bonchev–Trinajstić information content (AvgIpc) is 3.08. The van der Waals surface area contributed by atoms with Gasteiger partial charge >= 0.3 is 12.6 Å². The predicted molar refractivity (Wildman–Crippen MR) is 116 cm³/mol. The van der Waals surface area contributed by atoms with Crippen LogP contribution in [0.2, 0.25) is 0 Å². The number of halogens is 2.